The van der Waals surface area contributed by atoms with E-state index in [2.05, 4.69) is 10.6 Å². The van der Waals surface area contributed by atoms with Gasteiger partial charge in [0.05, 0.1) is 6.16 Å². The van der Waals surface area contributed by atoms with Gasteiger partial charge in [0.1, 0.15) is 0 Å². The first-order chi connectivity index (χ1) is 6.06. The molecule has 0 aliphatic heterocycles. The van der Waals surface area contributed by atoms with E-state index in [1.165, 1.54) is 0 Å². The van der Waals surface area contributed by atoms with Crippen LogP contribution in [0.1, 0.15) is 0 Å². The molecule has 80 valence electrons. The van der Waals surface area contributed by atoms with Crippen molar-refractivity contribution in [1.82, 2.24) is 10.6 Å². The summed E-state index contributed by atoms with van der Waals surface area (Å²) < 4.78 is 10.4. The molecule has 0 spiro atoms. The fourth-order valence-electron chi connectivity index (χ4n) is 0.754. The molecule has 0 amide bonds. The van der Waals surface area contributed by atoms with Crippen LogP contribution in [0.15, 0.2) is 0 Å². The molecule has 0 saturated heterocycles. The topological polar surface area (TPSA) is 108 Å². The standard InChI is InChI=1S/C6H18N3O3P/c7-1-2-8-3-4-9-5-6-13(10,11)12/h8-9H,1-7H2,(H2,10,11,12). The van der Waals surface area contributed by atoms with Crippen LogP contribution in [0.4, 0.5) is 0 Å². The van der Waals surface area contributed by atoms with Gasteiger partial charge in [0.25, 0.3) is 0 Å². The SMILES string of the molecule is NCCNCCNCCP(=O)(O)O. The molecule has 0 radical (unpaired) electrons. The zero-order chi connectivity index (χ0) is 10.2. The summed E-state index contributed by atoms with van der Waals surface area (Å²) in [6.45, 7) is 3.16. The average Bonchev–Trinajstić information content (AvgIpc) is 2.01. The van der Waals surface area contributed by atoms with Gasteiger partial charge in [-0.15, -0.1) is 0 Å². The third-order valence-corrected chi connectivity index (χ3v) is 2.19. The van der Waals surface area contributed by atoms with Crippen molar-refractivity contribution in [1.29, 1.82) is 0 Å². The monoisotopic (exact) mass is 211 g/mol. The van der Waals surface area contributed by atoms with Gasteiger partial charge < -0.3 is 26.2 Å². The highest BCUT2D eigenvalue weighted by Gasteiger charge is 2.10. The molecule has 0 unspecified atom stereocenters. The quantitative estimate of drug-likeness (QED) is 0.242. The van der Waals surface area contributed by atoms with E-state index in [-0.39, 0.29) is 6.16 Å². The second-order valence-corrected chi connectivity index (χ2v) is 4.45. The lowest BCUT2D eigenvalue weighted by Crippen LogP contribution is -2.31. The van der Waals surface area contributed by atoms with Gasteiger partial charge in [-0.2, -0.15) is 0 Å². The van der Waals surface area contributed by atoms with Gasteiger partial charge in [-0.1, -0.05) is 0 Å². The zero-order valence-corrected chi connectivity index (χ0v) is 8.46. The van der Waals surface area contributed by atoms with Gasteiger partial charge >= 0.3 is 7.60 Å². The van der Waals surface area contributed by atoms with Gasteiger partial charge in [0.15, 0.2) is 0 Å². The van der Waals surface area contributed by atoms with Gasteiger partial charge in [0.2, 0.25) is 0 Å². The van der Waals surface area contributed by atoms with Crippen LogP contribution in [0.25, 0.3) is 0 Å². The molecule has 0 aromatic heterocycles. The largest absolute Gasteiger partial charge is 0.329 e. The number of nitrogens with two attached hydrogens (primary N) is 1. The van der Waals surface area contributed by atoms with E-state index in [0.29, 0.717) is 19.6 Å². The first-order valence-corrected chi connectivity index (χ1v) is 6.02. The second kappa shape index (κ2) is 7.44. The Morgan fingerprint density at radius 3 is 2.08 bits per heavy atom. The number of nitrogens with one attached hydrogen (secondary N) is 2. The Kier molecular flexibility index (Phi) is 7.45. The Hall–Kier alpha value is 0.0300. The summed E-state index contributed by atoms with van der Waals surface area (Å²) in [6.07, 6.45) is -0.107. The third-order valence-electron chi connectivity index (χ3n) is 1.38. The maximum absolute atomic E-state index is 10.4. The molecule has 0 fully saturated rings. The maximum Gasteiger partial charge on any atom is 0.326 e. The van der Waals surface area contributed by atoms with Gasteiger partial charge in [-0.25, -0.2) is 0 Å². The van der Waals surface area contributed by atoms with Crippen molar-refractivity contribution >= 4 is 7.60 Å². The van der Waals surface area contributed by atoms with E-state index in [1.54, 1.807) is 0 Å². The second-order valence-electron chi connectivity index (χ2n) is 2.68. The fourth-order valence-corrected chi connectivity index (χ4v) is 1.20. The molecule has 0 aliphatic rings. The summed E-state index contributed by atoms with van der Waals surface area (Å²) >= 11 is 0. The average molecular weight is 211 g/mol. The number of rotatable bonds is 8. The fraction of sp³-hybridized carbons (Fsp3) is 1.00. The highest BCUT2D eigenvalue weighted by molar-refractivity contribution is 7.51. The van der Waals surface area contributed by atoms with Crippen LogP contribution < -0.4 is 16.4 Å². The zero-order valence-electron chi connectivity index (χ0n) is 7.57. The molecular weight excluding hydrogens is 193 g/mol. The van der Waals surface area contributed by atoms with E-state index < -0.39 is 7.60 Å². The van der Waals surface area contributed by atoms with Gasteiger partial charge in [-0.05, 0) is 0 Å². The van der Waals surface area contributed by atoms with Crippen LogP contribution in [-0.2, 0) is 4.57 Å². The molecule has 6 nitrogen and oxygen atoms in total. The predicted octanol–water partition coefficient (Wildman–Crippen LogP) is -1.70. The van der Waals surface area contributed by atoms with E-state index in [0.717, 1.165) is 13.1 Å². The molecule has 0 bridgehead atoms. The van der Waals surface area contributed by atoms with Crippen molar-refractivity contribution in [2.24, 2.45) is 5.73 Å². The Morgan fingerprint density at radius 2 is 1.62 bits per heavy atom. The molecule has 0 heterocycles. The Balaban J connectivity index is 3.04. The summed E-state index contributed by atoms with van der Waals surface area (Å²) in [5, 5.41) is 5.96. The van der Waals surface area contributed by atoms with Crippen molar-refractivity contribution in [2.45, 2.75) is 0 Å². The predicted molar refractivity (Wildman–Crippen MR) is 51.7 cm³/mol. The molecule has 0 rings (SSSR count). The first-order valence-electron chi connectivity index (χ1n) is 4.22. The van der Waals surface area contributed by atoms with Crippen molar-refractivity contribution in [3.05, 3.63) is 0 Å². The van der Waals surface area contributed by atoms with Gasteiger partial charge in [0, 0.05) is 32.7 Å². The van der Waals surface area contributed by atoms with Crippen LogP contribution in [0.2, 0.25) is 0 Å². The van der Waals surface area contributed by atoms with Crippen LogP contribution in [0, 0.1) is 0 Å². The van der Waals surface area contributed by atoms with Crippen molar-refractivity contribution in [3.8, 4) is 0 Å². The number of hydrogen-bond acceptors (Lipinski definition) is 4. The summed E-state index contributed by atoms with van der Waals surface area (Å²) in [5.41, 5.74) is 5.24. The smallest absolute Gasteiger partial charge is 0.326 e. The molecule has 0 aromatic rings. The minimum Gasteiger partial charge on any atom is -0.329 e. The molecule has 0 aliphatic carbocycles. The van der Waals surface area contributed by atoms with Crippen LogP contribution >= 0.6 is 7.60 Å². The molecule has 7 heteroatoms. The first kappa shape index (κ1) is 13.0. The minimum atomic E-state index is -3.83. The lowest BCUT2D eigenvalue weighted by Gasteiger charge is -2.06. The Bertz CT molecular complexity index is 161. The van der Waals surface area contributed by atoms with Crippen LogP contribution in [-0.4, -0.2) is 48.7 Å². The minimum absolute atomic E-state index is 0.107. The molecular formula is C6H18N3O3P. The van der Waals surface area contributed by atoms with Crippen molar-refractivity contribution < 1.29 is 14.4 Å². The lowest BCUT2D eigenvalue weighted by molar-refractivity contribution is 0.372. The third kappa shape index (κ3) is 12.0. The van der Waals surface area contributed by atoms with E-state index in [4.69, 9.17) is 15.5 Å². The summed E-state index contributed by atoms with van der Waals surface area (Å²) in [5.74, 6) is 0. The van der Waals surface area contributed by atoms with E-state index >= 15 is 0 Å². The molecule has 0 saturated carbocycles. The van der Waals surface area contributed by atoms with E-state index in [1.807, 2.05) is 0 Å². The van der Waals surface area contributed by atoms with Gasteiger partial charge in [-0.3, -0.25) is 4.57 Å². The normalized spacial score (nSPS) is 11.9. The van der Waals surface area contributed by atoms with Crippen molar-refractivity contribution in [3.63, 3.8) is 0 Å². The van der Waals surface area contributed by atoms with E-state index in [9.17, 15) is 4.57 Å². The Labute approximate surface area is 78.1 Å². The number of hydrogen-bond donors (Lipinski definition) is 5. The molecule has 0 aromatic carbocycles. The summed E-state index contributed by atoms with van der Waals surface area (Å²) in [6, 6.07) is 0. The highest BCUT2D eigenvalue weighted by atomic mass is 31.2. The Morgan fingerprint density at radius 1 is 1.08 bits per heavy atom. The highest BCUT2D eigenvalue weighted by Crippen LogP contribution is 2.32. The summed E-state index contributed by atoms with van der Waals surface area (Å²) in [4.78, 5) is 17.0. The maximum atomic E-state index is 10.4. The lowest BCUT2D eigenvalue weighted by atomic mass is 10.5. The molecule has 6 N–H and O–H groups in total. The summed E-state index contributed by atoms with van der Waals surface area (Å²) in [7, 11) is -3.83. The molecule has 13 heavy (non-hydrogen) atoms. The molecule has 0 atom stereocenters. The van der Waals surface area contributed by atoms with Crippen LogP contribution in [0.3, 0.4) is 0 Å². The van der Waals surface area contributed by atoms with Crippen LogP contribution in [0.5, 0.6) is 0 Å². The van der Waals surface area contributed by atoms with Crippen molar-refractivity contribution in [2.75, 3.05) is 38.9 Å².